The van der Waals surface area contributed by atoms with Crippen LogP contribution in [0.3, 0.4) is 0 Å². The molecule has 1 aromatic heterocycles. The van der Waals surface area contributed by atoms with Crippen molar-refractivity contribution in [2.75, 3.05) is 13.1 Å². The fourth-order valence-electron chi connectivity index (χ4n) is 3.21. The first-order valence-corrected chi connectivity index (χ1v) is 8.60. The number of carbonyl (C=O) groups excluding carboxylic acids is 1. The molecule has 1 aromatic carbocycles. The fraction of sp³-hybridized carbons (Fsp3) is 0.421. The van der Waals surface area contributed by atoms with E-state index in [4.69, 9.17) is 4.42 Å². The van der Waals surface area contributed by atoms with Crippen LogP contribution >= 0.6 is 0 Å². The van der Waals surface area contributed by atoms with Crippen LogP contribution in [0.5, 0.6) is 0 Å². The molecule has 0 saturated carbocycles. The number of piperidine rings is 1. The Morgan fingerprint density at radius 3 is 2.88 bits per heavy atom. The van der Waals surface area contributed by atoms with E-state index in [1.165, 1.54) is 12.3 Å². The van der Waals surface area contributed by atoms with E-state index in [0.717, 1.165) is 0 Å². The standard InChI is InChI=1S/C19H21FN2O4/c1-19(18(24)25)9-4-10-22(12-19)17(23)8-7-16-21-11-15(26-16)13-5-2-3-6-14(13)20/h2-3,5-6,11H,4,7-10,12H2,1H3,(H,24,25). The number of hydrogen-bond acceptors (Lipinski definition) is 4. The Labute approximate surface area is 150 Å². The highest BCUT2D eigenvalue weighted by molar-refractivity contribution is 5.79. The molecule has 1 unspecified atom stereocenters. The van der Waals surface area contributed by atoms with Crippen LogP contribution in [0.4, 0.5) is 4.39 Å². The van der Waals surface area contributed by atoms with Gasteiger partial charge < -0.3 is 14.4 Å². The van der Waals surface area contributed by atoms with Crippen LogP contribution < -0.4 is 0 Å². The molecule has 1 atom stereocenters. The molecule has 1 saturated heterocycles. The highest BCUT2D eigenvalue weighted by atomic mass is 19.1. The Morgan fingerprint density at radius 1 is 1.38 bits per heavy atom. The number of hydrogen-bond donors (Lipinski definition) is 1. The van der Waals surface area contributed by atoms with Crippen molar-refractivity contribution in [2.45, 2.75) is 32.6 Å². The average Bonchev–Trinajstić information content (AvgIpc) is 3.08. The lowest BCUT2D eigenvalue weighted by atomic mass is 9.82. The van der Waals surface area contributed by atoms with Crippen LogP contribution in [0.1, 0.15) is 32.1 Å². The summed E-state index contributed by atoms with van der Waals surface area (Å²) in [7, 11) is 0. The first-order chi connectivity index (χ1) is 12.4. The van der Waals surface area contributed by atoms with Gasteiger partial charge in [-0.2, -0.15) is 0 Å². The molecule has 1 fully saturated rings. The van der Waals surface area contributed by atoms with Crippen LogP contribution in [0.2, 0.25) is 0 Å². The van der Waals surface area contributed by atoms with E-state index in [2.05, 4.69) is 4.98 Å². The van der Waals surface area contributed by atoms with Crippen molar-refractivity contribution in [1.82, 2.24) is 9.88 Å². The normalized spacial score (nSPS) is 20.2. The van der Waals surface area contributed by atoms with Gasteiger partial charge in [-0.3, -0.25) is 9.59 Å². The molecule has 0 radical (unpaired) electrons. The van der Waals surface area contributed by atoms with Gasteiger partial charge in [0.25, 0.3) is 0 Å². The zero-order valence-electron chi connectivity index (χ0n) is 14.6. The minimum absolute atomic E-state index is 0.122. The molecule has 1 aliphatic heterocycles. The molecule has 7 heteroatoms. The summed E-state index contributed by atoms with van der Waals surface area (Å²) >= 11 is 0. The summed E-state index contributed by atoms with van der Waals surface area (Å²) in [5.74, 6) is -0.718. The summed E-state index contributed by atoms with van der Waals surface area (Å²) in [6, 6.07) is 6.25. The molecule has 2 aromatic rings. The lowest BCUT2D eigenvalue weighted by molar-refractivity contribution is -0.153. The monoisotopic (exact) mass is 360 g/mol. The molecule has 26 heavy (non-hydrogen) atoms. The van der Waals surface area contributed by atoms with Gasteiger partial charge in [0.2, 0.25) is 5.91 Å². The van der Waals surface area contributed by atoms with Crippen LogP contribution in [0.15, 0.2) is 34.9 Å². The Morgan fingerprint density at radius 2 is 2.15 bits per heavy atom. The molecular formula is C19H21FN2O4. The third-order valence-corrected chi connectivity index (χ3v) is 4.81. The number of carboxylic acid groups (broad SMARTS) is 1. The number of nitrogens with zero attached hydrogens (tertiary/aromatic N) is 2. The second-order valence-electron chi connectivity index (χ2n) is 6.88. The van der Waals surface area contributed by atoms with Crippen molar-refractivity contribution in [3.05, 3.63) is 42.2 Å². The van der Waals surface area contributed by atoms with Gasteiger partial charge in [-0.05, 0) is 31.9 Å². The Hall–Kier alpha value is -2.70. The van der Waals surface area contributed by atoms with Crippen molar-refractivity contribution in [1.29, 1.82) is 0 Å². The van der Waals surface area contributed by atoms with Crippen molar-refractivity contribution in [2.24, 2.45) is 5.41 Å². The molecule has 138 valence electrons. The number of benzene rings is 1. The molecule has 2 heterocycles. The number of oxazole rings is 1. The number of aliphatic carboxylic acids is 1. The Kier molecular flexibility index (Phi) is 5.06. The number of aromatic nitrogens is 1. The number of amides is 1. The van der Waals surface area contributed by atoms with E-state index in [1.54, 1.807) is 30.0 Å². The van der Waals surface area contributed by atoms with Crippen LogP contribution in [0, 0.1) is 11.2 Å². The molecular weight excluding hydrogens is 339 g/mol. The summed E-state index contributed by atoms with van der Waals surface area (Å²) in [5.41, 5.74) is -0.569. The summed E-state index contributed by atoms with van der Waals surface area (Å²) in [6.07, 6.45) is 3.14. The smallest absolute Gasteiger partial charge is 0.311 e. The van der Waals surface area contributed by atoms with Gasteiger partial charge in [-0.15, -0.1) is 0 Å². The van der Waals surface area contributed by atoms with E-state index in [-0.39, 0.29) is 25.3 Å². The number of carboxylic acids is 1. The largest absolute Gasteiger partial charge is 0.481 e. The molecule has 0 spiro atoms. The van der Waals surface area contributed by atoms with Crippen LogP contribution in [0.25, 0.3) is 11.3 Å². The number of halogens is 1. The van der Waals surface area contributed by atoms with E-state index >= 15 is 0 Å². The number of likely N-dealkylation sites (tertiary alicyclic amines) is 1. The van der Waals surface area contributed by atoms with Gasteiger partial charge in [-0.1, -0.05) is 12.1 Å². The topological polar surface area (TPSA) is 83.6 Å². The van der Waals surface area contributed by atoms with E-state index in [1.807, 2.05) is 0 Å². The van der Waals surface area contributed by atoms with Crippen molar-refractivity contribution >= 4 is 11.9 Å². The maximum atomic E-state index is 13.8. The molecule has 0 bridgehead atoms. The predicted octanol–water partition coefficient (Wildman–Crippen LogP) is 3.13. The van der Waals surface area contributed by atoms with Gasteiger partial charge in [0.05, 0.1) is 17.2 Å². The second-order valence-corrected chi connectivity index (χ2v) is 6.88. The van der Waals surface area contributed by atoms with Crippen molar-refractivity contribution < 1.29 is 23.5 Å². The summed E-state index contributed by atoms with van der Waals surface area (Å²) in [5, 5.41) is 9.34. The molecule has 6 nitrogen and oxygen atoms in total. The molecule has 1 N–H and O–H groups in total. The highest BCUT2D eigenvalue weighted by Gasteiger charge is 2.39. The van der Waals surface area contributed by atoms with Gasteiger partial charge in [0, 0.05) is 25.9 Å². The van der Waals surface area contributed by atoms with Gasteiger partial charge in [-0.25, -0.2) is 9.37 Å². The van der Waals surface area contributed by atoms with Crippen LogP contribution in [-0.4, -0.2) is 40.0 Å². The summed E-state index contributed by atoms with van der Waals surface area (Å²) < 4.78 is 19.3. The zero-order chi connectivity index (χ0) is 18.7. The lowest BCUT2D eigenvalue weighted by Gasteiger charge is -2.37. The van der Waals surface area contributed by atoms with Crippen molar-refractivity contribution in [3.63, 3.8) is 0 Å². The fourth-order valence-corrected chi connectivity index (χ4v) is 3.21. The van der Waals surface area contributed by atoms with E-state index < -0.39 is 17.2 Å². The number of carbonyl (C=O) groups is 2. The van der Waals surface area contributed by atoms with E-state index in [0.29, 0.717) is 36.6 Å². The van der Waals surface area contributed by atoms with Gasteiger partial charge in [0.1, 0.15) is 5.82 Å². The van der Waals surface area contributed by atoms with E-state index in [9.17, 15) is 19.1 Å². The summed E-state index contributed by atoms with van der Waals surface area (Å²) in [4.78, 5) is 29.5. The molecule has 0 aliphatic carbocycles. The predicted molar refractivity (Wildman–Crippen MR) is 91.8 cm³/mol. The SMILES string of the molecule is CC1(C(=O)O)CCCN(C(=O)CCc2ncc(-c3ccccc3F)o2)C1. The third-order valence-electron chi connectivity index (χ3n) is 4.81. The second kappa shape index (κ2) is 7.27. The minimum atomic E-state index is -0.894. The zero-order valence-corrected chi connectivity index (χ0v) is 14.6. The minimum Gasteiger partial charge on any atom is -0.481 e. The van der Waals surface area contributed by atoms with Gasteiger partial charge >= 0.3 is 5.97 Å². The number of rotatable bonds is 5. The maximum Gasteiger partial charge on any atom is 0.311 e. The molecule has 1 amide bonds. The molecule has 1 aliphatic rings. The first-order valence-electron chi connectivity index (χ1n) is 8.60. The van der Waals surface area contributed by atoms with Crippen LogP contribution in [-0.2, 0) is 16.0 Å². The van der Waals surface area contributed by atoms with Gasteiger partial charge in [0.15, 0.2) is 11.7 Å². The number of aryl methyl sites for hydroxylation is 1. The highest BCUT2D eigenvalue weighted by Crippen LogP contribution is 2.30. The Balaban J connectivity index is 1.60. The average molecular weight is 360 g/mol. The molecule has 3 rings (SSSR count). The maximum absolute atomic E-state index is 13.8. The third kappa shape index (κ3) is 3.76. The lowest BCUT2D eigenvalue weighted by Crippen LogP contribution is -2.48. The van der Waals surface area contributed by atoms with Crippen molar-refractivity contribution in [3.8, 4) is 11.3 Å². The first kappa shape index (κ1) is 18.1. The quantitative estimate of drug-likeness (QED) is 0.886. The summed E-state index contributed by atoms with van der Waals surface area (Å²) in [6.45, 7) is 2.45. The Bertz CT molecular complexity index is 819.